The Balaban J connectivity index is 1.67. The van der Waals surface area contributed by atoms with Crippen LogP contribution in [0, 0.1) is 5.92 Å². The van der Waals surface area contributed by atoms with Crippen LogP contribution in [-0.4, -0.2) is 57.5 Å². The summed E-state index contributed by atoms with van der Waals surface area (Å²) < 4.78 is 22.3. The molecule has 0 atom stereocenters. The van der Waals surface area contributed by atoms with Gasteiger partial charge in [-0.3, -0.25) is 0 Å². The van der Waals surface area contributed by atoms with Crippen LogP contribution in [0.1, 0.15) is 6.42 Å². The molecule has 2 rings (SSSR count). The number of hydrogen-bond acceptors (Lipinski definition) is 4. The summed E-state index contributed by atoms with van der Waals surface area (Å²) in [5.74, 6) is 1.54. The van der Waals surface area contributed by atoms with Gasteiger partial charge >= 0.3 is 0 Å². The summed E-state index contributed by atoms with van der Waals surface area (Å²) in [5, 5.41) is 3.25. The van der Waals surface area contributed by atoms with Crippen LogP contribution in [0.3, 0.4) is 0 Å². The molecule has 14 heavy (non-hydrogen) atoms. The Labute approximate surface area is 85.6 Å². The molecule has 0 aromatic heterocycles. The number of rotatable bonds is 3. The maximum absolute atomic E-state index is 11.2. The van der Waals surface area contributed by atoms with Gasteiger partial charge in [0.05, 0.1) is 11.5 Å². The van der Waals surface area contributed by atoms with Crippen LogP contribution < -0.4 is 5.32 Å². The summed E-state index contributed by atoms with van der Waals surface area (Å²) in [7, 11) is -2.70. The van der Waals surface area contributed by atoms with Gasteiger partial charge in [-0.25, -0.2) is 8.42 Å². The largest absolute Gasteiger partial charge is 0.316 e. The summed E-state index contributed by atoms with van der Waals surface area (Å²) in [6.45, 7) is 4.84. The fourth-order valence-electron chi connectivity index (χ4n) is 1.89. The minimum atomic E-state index is -2.70. The fourth-order valence-corrected chi connectivity index (χ4v) is 3.17. The Kier molecular flexibility index (Phi) is 3.09. The minimum absolute atomic E-state index is 0.357. The second kappa shape index (κ2) is 4.16. The highest BCUT2D eigenvalue weighted by Crippen LogP contribution is 2.11. The molecule has 0 saturated carbocycles. The molecule has 0 aliphatic carbocycles. The van der Waals surface area contributed by atoms with Crippen LogP contribution in [0.15, 0.2) is 0 Å². The first kappa shape index (κ1) is 10.4. The molecule has 4 nitrogen and oxygen atoms in total. The quantitative estimate of drug-likeness (QED) is 0.682. The van der Waals surface area contributed by atoms with Crippen molar-refractivity contribution in [2.75, 3.05) is 44.2 Å². The normalized spacial score (nSPS) is 28.6. The van der Waals surface area contributed by atoms with Crippen molar-refractivity contribution in [1.82, 2.24) is 10.2 Å². The van der Waals surface area contributed by atoms with E-state index in [1.807, 2.05) is 0 Å². The highest BCUT2D eigenvalue weighted by Gasteiger charge is 2.23. The second-order valence-corrected chi connectivity index (χ2v) is 6.61. The Morgan fingerprint density at radius 1 is 1.21 bits per heavy atom. The van der Waals surface area contributed by atoms with Crippen LogP contribution in [0.2, 0.25) is 0 Å². The lowest BCUT2D eigenvalue weighted by atomic mass is 9.99. The van der Waals surface area contributed by atoms with Gasteiger partial charge in [0.15, 0.2) is 9.84 Å². The maximum Gasteiger partial charge on any atom is 0.152 e. The molecule has 82 valence electrons. The first-order valence-electron chi connectivity index (χ1n) is 5.29. The van der Waals surface area contributed by atoms with E-state index in [1.165, 1.54) is 6.42 Å². The number of hydrogen-bond donors (Lipinski definition) is 1. The summed E-state index contributed by atoms with van der Waals surface area (Å²) in [6, 6.07) is 0. The number of nitrogens with one attached hydrogen (secondary N) is 1. The van der Waals surface area contributed by atoms with Gasteiger partial charge in [0.1, 0.15) is 0 Å². The van der Waals surface area contributed by atoms with Crippen LogP contribution in [0.4, 0.5) is 0 Å². The van der Waals surface area contributed by atoms with E-state index in [2.05, 4.69) is 10.2 Å². The molecule has 0 spiro atoms. The van der Waals surface area contributed by atoms with Crippen LogP contribution in [-0.2, 0) is 9.84 Å². The van der Waals surface area contributed by atoms with E-state index in [4.69, 9.17) is 0 Å². The standard InChI is InChI=1S/C9H18N2O2S/c12-14(13)5-3-11(4-6-14)2-1-9-7-10-8-9/h9-10H,1-8H2. The van der Waals surface area contributed by atoms with Crippen LogP contribution in [0.25, 0.3) is 0 Å². The van der Waals surface area contributed by atoms with E-state index in [9.17, 15) is 8.42 Å². The maximum atomic E-state index is 11.2. The highest BCUT2D eigenvalue weighted by atomic mass is 32.2. The molecule has 2 aliphatic rings. The Hall–Kier alpha value is -0.130. The van der Waals surface area contributed by atoms with Gasteiger partial charge in [-0.05, 0) is 32.0 Å². The fraction of sp³-hybridized carbons (Fsp3) is 1.00. The molecule has 0 amide bonds. The zero-order valence-corrected chi connectivity index (χ0v) is 9.22. The van der Waals surface area contributed by atoms with Crippen molar-refractivity contribution in [3.63, 3.8) is 0 Å². The van der Waals surface area contributed by atoms with Crippen molar-refractivity contribution in [3.05, 3.63) is 0 Å². The second-order valence-electron chi connectivity index (χ2n) is 4.31. The number of nitrogens with zero attached hydrogens (tertiary/aromatic N) is 1. The van der Waals surface area contributed by atoms with Crippen molar-refractivity contribution in [2.24, 2.45) is 5.92 Å². The lowest BCUT2D eigenvalue weighted by Gasteiger charge is -2.31. The molecule has 2 fully saturated rings. The third-order valence-corrected chi connectivity index (χ3v) is 4.77. The third-order valence-electron chi connectivity index (χ3n) is 3.16. The van der Waals surface area contributed by atoms with Crippen LogP contribution >= 0.6 is 0 Å². The third kappa shape index (κ3) is 2.68. The van der Waals surface area contributed by atoms with Gasteiger partial charge < -0.3 is 10.2 Å². The Bertz CT molecular complexity index is 271. The van der Waals surface area contributed by atoms with E-state index in [1.54, 1.807) is 0 Å². The van der Waals surface area contributed by atoms with E-state index < -0.39 is 9.84 Å². The molecule has 1 N–H and O–H groups in total. The van der Waals surface area contributed by atoms with Crippen molar-refractivity contribution in [3.8, 4) is 0 Å². The molecule has 0 aromatic rings. The van der Waals surface area contributed by atoms with Gasteiger partial charge in [0, 0.05) is 13.1 Å². The summed E-state index contributed by atoms with van der Waals surface area (Å²) in [5.41, 5.74) is 0. The summed E-state index contributed by atoms with van der Waals surface area (Å²) in [6.07, 6.45) is 1.22. The van der Waals surface area contributed by atoms with Gasteiger partial charge in [0.25, 0.3) is 0 Å². The van der Waals surface area contributed by atoms with Gasteiger partial charge in [-0.2, -0.15) is 0 Å². The summed E-state index contributed by atoms with van der Waals surface area (Å²) in [4.78, 5) is 2.28. The molecule has 2 aliphatic heterocycles. The first-order chi connectivity index (χ1) is 6.66. The Morgan fingerprint density at radius 3 is 2.36 bits per heavy atom. The minimum Gasteiger partial charge on any atom is -0.316 e. The van der Waals surface area contributed by atoms with E-state index in [0.29, 0.717) is 11.5 Å². The van der Waals surface area contributed by atoms with Gasteiger partial charge in [0.2, 0.25) is 0 Å². The van der Waals surface area contributed by atoms with Gasteiger partial charge in [-0.15, -0.1) is 0 Å². The summed E-state index contributed by atoms with van der Waals surface area (Å²) >= 11 is 0. The molecule has 0 radical (unpaired) electrons. The SMILES string of the molecule is O=S1(=O)CCN(CCC2CNC2)CC1. The van der Waals surface area contributed by atoms with E-state index in [0.717, 1.165) is 38.6 Å². The molecule has 5 heteroatoms. The van der Waals surface area contributed by atoms with Crippen LogP contribution in [0.5, 0.6) is 0 Å². The highest BCUT2D eigenvalue weighted by molar-refractivity contribution is 7.91. The molecule has 2 heterocycles. The van der Waals surface area contributed by atoms with Crippen molar-refractivity contribution in [1.29, 1.82) is 0 Å². The Morgan fingerprint density at radius 2 is 1.86 bits per heavy atom. The lowest BCUT2D eigenvalue weighted by Crippen LogP contribution is -2.46. The van der Waals surface area contributed by atoms with Crippen molar-refractivity contribution in [2.45, 2.75) is 6.42 Å². The zero-order chi connectivity index (χ0) is 10.0. The number of sulfone groups is 1. The topological polar surface area (TPSA) is 49.4 Å². The zero-order valence-electron chi connectivity index (χ0n) is 8.41. The van der Waals surface area contributed by atoms with E-state index >= 15 is 0 Å². The average molecular weight is 218 g/mol. The van der Waals surface area contributed by atoms with Gasteiger partial charge in [-0.1, -0.05) is 0 Å². The monoisotopic (exact) mass is 218 g/mol. The van der Waals surface area contributed by atoms with Crippen molar-refractivity contribution < 1.29 is 8.42 Å². The molecular weight excluding hydrogens is 200 g/mol. The molecule has 0 bridgehead atoms. The van der Waals surface area contributed by atoms with E-state index in [-0.39, 0.29) is 0 Å². The smallest absolute Gasteiger partial charge is 0.152 e. The average Bonchev–Trinajstić information content (AvgIpc) is 2.05. The molecular formula is C9H18N2O2S. The predicted molar refractivity (Wildman–Crippen MR) is 56.1 cm³/mol. The molecule has 2 saturated heterocycles. The van der Waals surface area contributed by atoms with Crippen molar-refractivity contribution >= 4 is 9.84 Å². The molecule has 0 aromatic carbocycles. The predicted octanol–water partition coefficient (Wildman–Crippen LogP) is -0.674. The lowest BCUT2D eigenvalue weighted by molar-refractivity contribution is 0.238. The first-order valence-corrected chi connectivity index (χ1v) is 7.11. The molecule has 0 unspecified atom stereocenters.